The van der Waals surface area contributed by atoms with E-state index in [2.05, 4.69) is 27.4 Å². The van der Waals surface area contributed by atoms with Crippen LogP contribution in [-0.2, 0) is 4.79 Å². The van der Waals surface area contributed by atoms with E-state index in [1.807, 2.05) is 0 Å². The third-order valence-corrected chi connectivity index (χ3v) is 3.57. The fourth-order valence-corrected chi connectivity index (χ4v) is 2.03. The van der Waals surface area contributed by atoms with Crippen LogP contribution < -0.4 is 0 Å². The molecule has 0 heterocycles. The molecule has 0 spiro atoms. The van der Waals surface area contributed by atoms with Gasteiger partial charge in [0, 0.05) is 5.92 Å². The van der Waals surface area contributed by atoms with E-state index in [0.29, 0.717) is 5.92 Å². The Hall–Kier alpha value is -0.590. The molecule has 1 aliphatic rings. The van der Waals surface area contributed by atoms with E-state index in [0.717, 1.165) is 30.6 Å². The zero-order chi connectivity index (χ0) is 10.0. The molecule has 0 aromatic heterocycles. The maximum Gasteiger partial charge on any atom is 0.158 e. The molecule has 0 aliphatic heterocycles. The van der Waals surface area contributed by atoms with Crippen LogP contribution in [0.4, 0.5) is 0 Å². The van der Waals surface area contributed by atoms with Crippen LogP contribution in [0.2, 0.25) is 0 Å². The van der Waals surface area contributed by atoms with Gasteiger partial charge in [0.25, 0.3) is 0 Å². The molecule has 0 radical (unpaired) electrons. The van der Waals surface area contributed by atoms with Crippen molar-refractivity contribution in [2.75, 3.05) is 0 Å². The molecule has 1 rings (SSSR count). The maximum absolute atomic E-state index is 11.2. The van der Waals surface area contributed by atoms with Gasteiger partial charge in [-0.05, 0) is 36.7 Å². The van der Waals surface area contributed by atoms with Crippen molar-refractivity contribution in [2.45, 2.75) is 33.6 Å². The van der Waals surface area contributed by atoms with Crippen LogP contribution in [0.5, 0.6) is 0 Å². The molecule has 1 fully saturated rings. The van der Waals surface area contributed by atoms with E-state index in [-0.39, 0.29) is 5.78 Å². The Morgan fingerprint density at radius 1 is 1.38 bits per heavy atom. The third kappa shape index (κ3) is 2.20. The molecule has 0 bridgehead atoms. The maximum atomic E-state index is 11.2. The summed E-state index contributed by atoms with van der Waals surface area (Å²) >= 11 is 0. The van der Waals surface area contributed by atoms with Gasteiger partial charge in [0.1, 0.15) is 0 Å². The first-order valence-electron chi connectivity index (χ1n) is 5.22. The van der Waals surface area contributed by atoms with Crippen molar-refractivity contribution in [2.24, 2.45) is 23.7 Å². The van der Waals surface area contributed by atoms with E-state index in [1.165, 1.54) is 6.08 Å². The molecule has 0 aromatic carbocycles. The van der Waals surface area contributed by atoms with Crippen LogP contribution in [0.3, 0.4) is 0 Å². The van der Waals surface area contributed by atoms with Gasteiger partial charge in [0.15, 0.2) is 5.78 Å². The van der Waals surface area contributed by atoms with Gasteiger partial charge in [-0.1, -0.05) is 27.4 Å². The highest BCUT2D eigenvalue weighted by Gasteiger charge is 2.36. The van der Waals surface area contributed by atoms with Gasteiger partial charge >= 0.3 is 0 Å². The normalized spacial score (nSPS) is 29.5. The van der Waals surface area contributed by atoms with E-state index in [9.17, 15) is 4.79 Å². The van der Waals surface area contributed by atoms with Crippen LogP contribution in [0.25, 0.3) is 0 Å². The zero-order valence-corrected chi connectivity index (χ0v) is 8.92. The number of rotatable bonds is 4. The summed E-state index contributed by atoms with van der Waals surface area (Å²) in [5.41, 5.74) is 0. The van der Waals surface area contributed by atoms with Crippen LogP contribution in [0.15, 0.2) is 12.7 Å². The smallest absolute Gasteiger partial charge is 0.158 e. The van der Waals surface area contributed by atoms with E-state index in [1.54, 1.807) is 0 Å². The van der Waals surface area contributed by atoms with Crippen molar-refractivity contribution < 1.29 is 4.79 Å². The lowest BCUT2D eigenvalue weighted by Gasteiger charge is -2.39. The Morgan fingerprint density at radius 2 is 1.92 bits per heavy atom. The molecular weight excluding hydrogens is 160 g/mol. The topological polar surface area (TPSA) is 17.1 Å². The van der Waals surface area contributed by atoms with Crippen molar-refractivity contribution in [3.8, 4) is 0 Å². The molecule has 1 heteroatoms. The van der Waals surface area contributed by atoms with E-state index < -0.39 is 0 Å². The molecule has 1 atom stereocenters. The summed E-state index contributed by atoms with van der Waals surface area (Å²) in [6.45, 7) is 10.3. The minimum atomic E-state index is 0.243. The highest BCUT2D eigenvalue weighted by Crippen LogP contribution is 2.41. The van der Waals surface area contributed by atoms with Gasteiger partial charge in [0.2, 0.25) is 0 Å². The summed E-state index contributed by atoms with van der Waals surface area (Å²) in [5, 5.41) is 0. The van der Waals surface area contributed by atoms with Crippen molar-refractivity contribution in [1.29, 1.82) is 0 Å². The van der Waals surface area contributed by atoms with Gasteiger partial charge in [-0.15, -0.1) is 0 Å². The van der Waals surface area contributed by atoms with Crippen LogP contribution in [0, 0.1) is 23.7 Å². The Balaban J connectivity index is 2.33. The summed E-state index contributed by atoms with van der Waals surface area (Å²) in [7, 11) is 0. The second-order valence-corrected chi connectivity index (χ2v) is 4.64. The zero-order valence-electron chi connectivity index (χ0n) is 8.92. The number of hydrogen-bond acceptors (Lipinski definition) is 1. The summed E-state index contributed by atoms with van der Waals surface area (Å²) in [5.74, 6) is 2.81. The number of allylic oxidation sites excluding steroid dienone is 1. The van der Waals surface area contributed by atoms with Crippen LogP contribution in [0.1, 0.15) is 33.6 Å². The minimum Gasteiger partial charge on any atom is -0.295 e. The molecule has 0 N–H and O–H groups in total. The largest absolute Gasteiger partial charge is 0.295 e. The van der Waals surface area contributed by atoms with Crippen molar-refractivity contribution in [1.82, 2.24) is 0 Å². The van der Waals surface area contributed by atoms with Gasteiger partial charge in [-0.25, -0.2) is 0 Å². The summed E-state index contributed by atoms with van der Waals surface area (Å²) in [4.78, 5) is 11.2. The Labute approximate surface area is 81.2 Å². The van der Waals surface area contributed by atoms with Crippen molar-refractivity contribution in [3.05, 3.63) is 12.7 Å². The summed E-state index contributed by atoms with van der Waals surface area (Å²) in [6.07, 6.45) is 3.65. The Morgan fingerprint density at radius 3 is 2.31 bits per heavy atom. The van der Waals surface area contributed by atoms with E-state index >= 15 is 0 Å². The van der Waals surface area contributed by atoms with Gasteiger partial charge in [0.05, 0.1) is 0 Å². The number of carbonyl (C=O) groups is 1. The quantitative estimate of drug-likeness (QED) is 0.608. The SMILES string of the molecule is C=CC(=O)C1CC(C(C)C(C)C)C1. The molecular formula is C12H20O. The first-order chi connectivity index (χ1) is 6.06. The molecule has 0 amide bonds. The lowest BCUT2D eigenvalue weighted by atomic mass is 9.65. The highest BCUT2D eigenvalue weighted by atomic mass is 16.1. The number of carbonyl (C=O) groups excluding carboxylic acids is 1. The molecule has 1 saturated carbocycles. The van der Waals surface area contributed by atoms with Gasteiger partial charge in [-0.2, -0.15) is 0 Å². The fourth-order valence-electron chi connectivity index (χ4n) is 2.03. The average molecular weight is 180 g/mol. The van der Waals surface area contributed by atoms with Crippen LogP contribution >= 0.6 is 0 Å². The molecule has 1 nitrogen and oxygen atoms in total. The summed E-state index contributed by atoms with van der Waals surface area (Å²) in [6, 6.07) is 0. The van der Waals surface area contributed by atoms with Gasteiger partial charge in [-0.3, -0.25) is 4.79 Å². The molecule has 1 unspecified atom stereocenters. The number of ketones is 1. The molecule has 1 aliphatic carbocycles. The van der Waals surface area contributed by atoms with Crippen molar-refractivity contribution in [3.63, 3.8) is 0 Å². The Kier molecular flexibility index (Phi) is 3.29. The second-order valence-electron chi connectivity index (χ2n) is 4.64. The molecule has 74 valence electrons. The first-order valence-corrected chi connectivity index (χ1v) is 5.22. The summed E-state index contributed by atoms with van der Waals surface area (Å²) < 4.78 is 0. The lowest BCUT2D eigenvalue weighted by Crippen LogP contribution is -2.35. The molecule has 0 aromatic rings. The third-order valence-electron chi connectivity index (χ3n) is 3.57. The van der Waals surface area contributed by atoms with Crippen LogP contribution in [-0.4, -0.2) is 5.78 Å². The average Bonchev–Trinajstić information content (AvgIpc) is 2.00. The van der Waals surface area contributed by atoms with E-state index in [4.69, 9.17) is 0 Å². The molecule has 13 heavy (non-hydrogen) atoms. The second kappa shape index (κ2) is 4.08. The monoisotopic (exact) mass is 180 g/mol. The van der Waals surface area contributed by atoms with Gasteiger partial charge < -0.3 is 0 Å². The van der Waals surface area contributed by atoms with Crippen molar-refractivity contribution >= 4 is 5.78 Å². The first kappa shape index (κ1) is 10.5. The lowest BCUT2D eigenvalue weighted by molar-refractivity contribution is -0.122. The predicted octanol–water partition coefficient (Wildman–Crippen LogP) is 3.06. The number of hydrogen-bond donors (Lipinski definition) is 0. The highest BCUT2D eigenvalue weighted by molar-refractivity contribution is 5.91. The standard InChI is InChI=1S/C12H20O/c1-5-12(13)11-6-10(7-11)9(4)8(2)3/h5,8-11H,1,6-7H2,2-4H3. The fraction of sp³-hybridized carbons (Fsp3) is 0.750. The Bertz CT molecular complexity index is 199. The predicted molar refractivity (Wildman–Crippen MR) is 55.4 cm³/mol. The minimum absolute atomic E-state index is 0.243. The molecule has 0 saturated heterocycles.